The number of hydrogen-bond donors (Lipinski definition) is 0. The number of ether oxygens (including phenoxy) is 8. The minimum Gasteiger partial charge on any atom is -0.456 e. The second kappa shape index (κ2) is 28.3. The van der Waals surface area contributed by atoms with Crippen LogP contribution in [0.15, 0.2) is 146 Å². The molecule has 0 saturated heterocycles. The maximum absolute atomic E-state index is 15.2. The Labute approximate surface area is 611 Å². The fourth-order valence-corrected chi connectivity index (χ4v) is 12.0. The van der Waals surface area contributed by atoms with E-state index in [0.717, 1.165) is 0 Å². The smallest absolute Gasteiger partial charge is 0.340 e. The van der Waals surface area contributed by atoms with Crippen LogP contribution in [0.2, 0.25) is 0 Å². The first-order valence-electron chi connectivity index (χ1n) is 34.8. The molecule has 0 N–H and O–H groups in total. The zero-order valence-electron chi connectivity index (χ0n) is 64.4. The molecule has 8 aromatic carbocycles. The van der Waals surface area contributed by atoms with Crippen molar-refractivity contribution < 1.29 is 76.3 Å². The first-order valence-corrected chi connectivity index (χ1v) is 34.8. The molecular weight excluding hydrogens is 1310 g/mol. The second-order valence-electron chi connectivity index (χ2n) is 34.0. The molecule has 16 heteroatoms. The van der Waals surface area contributed by atoms with Crippen molar-refractivity contribution in [1.82, 2.24) is 0 Å². The van der Waals surface area contributed by atoms with Crippen molar-refractivity contribution in [3.8, 4) is 89.0 Å². The lowest BCUT2D eigenvalue weighted by Crippen LogP contribution is -2.29. The molecule has 0 atom stereocenters. The van der Waals surface area contributed by atoms with E-state index in [0.29, 0.717) is 89.0 Å². The number of rotatable bonds is 8. The van der Waals surface area contributed by atoms with Gasteiger partial charge in [-0.1, -0.05) is 146 Å². The minimum atomic E-state index is -1.05. The van der Waals surface area contributed by atoms with Gasteiger partial charge in [-0.05, 0) is 255 Å². The Balaban J connectivity index is 1.44. The lowest BCUT2D eigenvalue weighted by molar-refractivity contribution is 0.00200. The molecule has 0 fully saturated rings. The van der Waals surface area contributed by atoms with E-state index < -0.39 is 92.6 Å². The van der Waals surface area contributed by atoms with Crippen molar-refractivity contribution in [2.45, 2.75) is 211 Å². The van der Waals surface area contributed by atoms with Crippen molar-refractivity contribution in [2.24, 2.45) is 0 Å². The van der Waals surface area contributed by atoms with Gasteiger partial charge in [0.25, 0.3) is 0 Å². The van der Waals surface area contributed by atoms with Crippen LogP contribution < -0.4 is 0 Å². The summed E-state index contributed by atoms with van der Waals surface area (Å²) in [5.74, 6) is -6.64. The number of hydrogen-bond acceptors (Lipinski definition) is 16. The van der Waals surface area contributed by atoms with E-state index >= 15 is 38.4 Å². The third-order valence-corrected chi connectivity index (χ3v) is 15.7. The summed E-state index contributed by atoms with van der Waals surface area (Å²) in [6, 6.07) is 41.4. The van der Waals surface area contributed by atoms with Crippen molar-refractivity contribution >= 4 is 47.8 Å². The summed E-state index contributed by atoms with van der Waals surface area (Å²) in [7, 11) is 0. The number of carbonyl (C=O) groups is 8. The second-order valence-corrected chi connectivity index (χ2v) is 34.0. The van der Waals surface area contributed by atoms with Crippen molar-refractivity contribution in [3.63, 3.8) is 0 Å². The standard InChI is InChI=1S/C88H96O16/c1-81(2,3)97-73(89)65-57-41-42-58(66(65)74(90)98-82(4,5)6)50-29-31-52(32-30-50)60-45-46-62(70(78(94)102-86(16,17)18)68(60)76(92)100-84(10,11)12)54-37-39-56(40-38-54)64-48-47-63(71(79(95)103-87(19,20)21)72(64)80(96)104-88(22,23)24)55-35-33-53(34-36-55)61-44-43-59(51-27-25-49(57)26-28-51)67(75(91)99-83(7,8)9)69(61)77(93)101-85(13,14)15/h25-48H,1-24H3. The molecule has 0 radical (unpaired) electrons. The molecule has 544 valence electrons. The molecule has 16 nitrogen and oxygen atoms in total. The molecule has 16 bridgehead atoms. The van der Waals surface area contributed by atoms with Crippen molar-refractivity contribution in [1.29, 1.82) is 0 Å². The molecule has 0 saturated carbocycles. The van der Waals surface area contributed by atoms with Crippen molar-refractivity contribution in [3.05, 3.63) is 190 Å². The van der Waals surface area contributed by atoms with Crippen LogP contribution in [0.4, 0.5) is 0 Å². The fraction of sp³-hybridized carbons (Fsp3) is 0.364. The molecule has 0 aromatic heterocycles. The summed E-state index contributed by atoms with van der Waals surface area (Å²) in [4.78, 5) is 121. The maximum Gasteiger partial charge on any atom is 0.340 e. The van der Waals surface area contributed by atoms with E-state index in [9.17, 15) is 0 Å². The molecule has 0 aliphatic heterocycles. The first kappa shape index (κ1) is 77.7. The summed E-state index contributed by atoms with van der Waals surface area (Å²) in [6.45, 7) is 41.2. The summed E-state index contributed by atoms with van der Waals surface area (Å²) >= 11 is 0. The fourth-order valence-electron chi connectivity index (χ4n) is 12.0. The average molecular weight is 1410 g/mol. The quantitative estimate of drug-likeness (QED) is 0.102. The van der Waals surface area contributed by atoms with E-state index in [-0.39, 0.29) is 44.5 Å². The molecule has 8 aromatic rings. The van der Waals surface area contributed by atoms with E-state index in [4.69, 9.17) is 37.9 Å². The van der Waals surface area contributed by atoms with Crippen LogP contribution in [0.1, 0.15) is 249 Å². The molecule has 0 unspecified atom stereocenters. The van der Waals surface area contributed by atoms with Gasteiger partial charge in [0.15, 0.2) is 0 Å². The number of benzene rings is 8. The SMILES string of the molecule is CC(C)(C)OC(=O)c1c2ccc(c1C(=O)OC(C)(C)C)-c1ccc(cc1)-c1ccc(c(C(=O)OC(C)(C)C)c1C(=O)OC(C)(C)C)-c1ccc(cc1)-c1ccc(c(C(=O)OC(C)(C)C)c1C(=O)OC(C)(C)C)-c1ccc(cc1)-c1ccc(c(C(=O)OC(C)(C)C)c1C(=O)OC(C)(C)C)-c1ccc-2cc1. The van der Waals surface area contributed by atoms with E-state index in [1.807, 2.05) is 0 Å². The Morgan fingerprint density at radius 3 is 0.298 bits per heavy atom. The zero-order chi connectivity index (χ0) is 77.1. The van der Waals surface area contributed by atoms with Gasteiger partial charge in [-0.25, -0.2) is 38.4 Å². The highest BCUT2D eigenvalue weighted by molar-refractivity contribution is 6.16. The Kier molecular flexibility index (Phi) is 21.1. The van der Waals surface area contributed by atoms with Crippen molar-refractivity contribution in [2.75, 3.05) is 0 Å². The summed E-state index contributed by atoms with van der Waals surface area (Å²) in [5, 5.41) is 0. The van der Waals surface area contributed by atoms with Gasteiger partial charge in [-0.3, -0.25) is 0 Å². The van der Waals surface area contributed by atoms with Crippen LogP contribution in [0.5, 0.6) is 0 Å². The molecule has 22 aliphatic rings. The maximum atomic E-state index is 15.2. The third-order valence-electron chi connectivity index (χ3n) is 15.7. The highest BCUT2D eigenvalue weighted by Gasteiger charge is 2.39. The summed E-state index contributed by atoms with van der Waals surface area (Å²) < 4.78 is 49.4. The Hall–Kier alpha value is -10.5. The molecule has 30 rings (SSSR count). The van der Waals surface area contributed by atoms with Crippen LogP contribution in [0.25, 0.3) is 89.0 Å². The summed E-state index contributed by atoms with van der Waals surface area (Å²) in [6.07, 6.45) is 0. The van der Waals surface area contributed by atoms with Gasteiger partial charge in [-0.2, -0.15) is 0 Å². The highest BCUT2D eigenvalue weighted by Crippen LogP contribution is 2.45. The predicted molar refractivity (Wildman–Crippen MR) is 405 cm³/mol. The molecule has 0 heterocycles. The van der Waals surface area contributed by atoms with Gasteiger partial charge in [0, 0.05) is 0 Å². The zero-order valence-corrected chi connectivity index (χ0v) is 64.4. The topological polar surface area (TPSA) is 210 Å². The lowest BCUT2D eigenvalue weighted by atomic mass is 9.85. The number of carbonyl (C=O) groups excluding carboxylic acids is 8. The monoisotopic (exact) mass is 1410 g/mol. The van der Waals surface area contributed by atoms with Crippen LogP contribution in [0.3, 0.4) is 0 Å². The van der Waals surface area contributed by atoms with E-state index in [1.165, 1.54) is 0 Å². The third kappa shape index (κ3) is 18.5. The van der Waals surface area contributed by atoms with Gasteiger partial charge in [0.05, 0.1) is 44.5 Å². The van der Waals surface area contributed by atoms with Crippen LogP contribution in [0, 0.1) is 0 Å². The molecular formula is C88H96O16. The van der Waals surface area contributed by atoms with Crippen LogP contribution in [-0.2, 0) is 37.9 Å². The van der Waals surface area contributed by atoms with Gasteiger partial charge >= 0.3 is 47.8 Å². The molecule has 22 aliphatic carbocycles. The number of esters is 8. The van der Waals surface area contributed by atoms with E-state index in [2.05, 4.69) is 0 Å². The summed E-state index contributed by atoms with van der Waals surface area (Å²) in [5.41, 5.74) is -3.33. The molecule has 0 amide bonds. The van der Waals surface area contributed by atoms with Gasteiger partial charge in [0.2, 0.25) is 0 Å². The molecule has 104 heavy (non-hydrogen) atoms. The highest BCUT2D eigenvalue weighted by atomic mass is 16.6. The Morgan fingerprint density at radius 1 is 0.154 bits per heavy atom. The van der Waals surface area contributed by atoms with E-state index in [1.54, 1.807) is 312 Å². The van der Waals surface area contributed by atoms with Gasteiger partial charge < -0.3 is 37.9 Å². The normalized spacial score (nSPS) is 12.5. The Bertz CT molecular complexity index is 3820. The average Bonchev–Trinajstić information content (AvgIpc) is 0.763. The van der Waals surface area contributed by atoms with Gasteiger partial charge in [-0.15, -0.1) is 0 Å². The minimum absolute atomic E-state index is 0.106. The largest absolute Gasteiger partial charge is 0.456 e. The van der Waals surface area contributed by atoms with Crippen LogP contribution in [-0.4, -0.2) is 92.6 Å². The Morgan fingerprint density at radius 2 is 0.231 bits per heavy atom. The predicted octanol–water partition coefficient (Wildman–Crippen LogP) is 21.0. The first-order chi connectivity index (χ1) is 47.8. The molecule has 0 spiro atoms. The van der Waals surface area contributed by atoms with Gasteiger partial charge in [0.1, 0.15) is 44.8 Å². The van der Waals surface area contributed by atoms with Crippen LogP contribution >= 0.6 is 0 Å². The lowest BCUT2D eigenvalue weighted by Gasteiger charge is -2.26.